The smallest absolute Gasteiger partial charge is 0.257 e. The summed E-state index contributed by atoms with van der Waals surface area (Å²) in [7, 11) is 0. The molecule has 0 fully saturated rings. The van der Waals surface area contributed by atoms with Gasteiger partial charge < -0.3 is 14.8 Å². The molecule has 0 unspecified atom stereocenters. The summed E-state index contributed by atoms with van der Waals surface area (Å²) in [6.45, 7) is 6.13. The van der Waals surface area contributed by atoms with Gasteiger partial charge in [-0.15, -0.1) is 0 Å². The molecule has 166 valence electrons. The normalized spacial score (nSPS) is 12.3. The van der Waals surface area contributed by atoms with Gasteiger partial charge in [-0.2, -0.15) is 25.2 Å². The van der Waals surface area contributed by atoms with Gasteiger partial charge >= 0.3 is 0 Å². The van der Waals surface area contributed by atoms with Crippen LogP contribution in [0.25, 0.3) is 5.95 Å². The Morgan fingerprint density at radius 1 is 0.909 bits per heavy atom. The summed E-state index contributed by atoms with van der Waals surface area (Å²) in [6, 6.07) is 15.5. The molecule has 2 aromatic carbocycles. The van der Waals surface area contributed by atoms with Gasteiger partial charge in [0.1, 0.15) is 0 Å². The van der Waals surface area contributed by atoms with Crippen LogP contribution in [0.3, 0.4) is 0 Å². The van der Waals surface area contributed by atoms with Crippen LogP contribution in [0.5, 0.6) is 11.5 Å². The SMILES string of the molecule is Cc1ccc(Nc2nc(N/N=C/c3ccc4c(c3)OCO4)nc(-n3nc(C)cc3C)n2)cc1. The molecule has 10 nitrogen and oxygen atoms in total. The Bertz CT molecular complexity index is 1330. The van der Waals surface area contributed by atoms with E-state index < -0.39 is 0 Å². The maximum absolute atomic E-state index is 5.41. The second-order valence-electron chi connectivity index (χ2n) is 7.60. The predicted molar refractivity (Wildman–Crippen MR) is 125 cm³/mol. The lowest BCUT2D eigenvalue weighted by molar-refractivity contribution is 0.174. The van der Waals surface area contributed by atoms with E-state index in [1.165, 1.54) is 5.56 Å². The van der Waals surface area contributed by atoms with E-state index in [-0.39, 0.29) is 12.7 Å². The van der Waals surface area contributed by atoms with Crippen molar-refractivity contribution >= 4 is 23.8 Å². The second-order valence-corrected chi connectivity index (χ2v) is 7.60. The Morgan fingerprint density at radius 2 is 1.70 bits per heavy atom. The molecule has 10 heteroatoms. The largest absolute Gasteiger partial charge is 0.454 e. The Morgan fingerprint density at radius 3 is 2.48 bits per heavy atom. The number of aryl methyl sites for hydroxylation is 3. The fourth-order valence-electron chi connectivity index (χ4n) is 3.32. The van der Waals surface area contributed by atoms with Crippen molar-refractivity contribution in [2.75, 3.05) is 17.5 Å². The number of nitrogens with one attached hydrogen (secondary N) is 2. The second kappa shape index (κ2) is 8.58. The number of hydrogen-bond acceptors (Lipinski definition) is 9. The highest BCUT2D eigenvalue weighted by Gasteiger charge is 2.13. The van der Waals surface area contributed by atoms with E-state index in [0.717, 1.165) is 28.4 Å². The monoisotopic (exact) mass is 442 g/mol. The minimum absolute atomic E-state index is 0.227. The van der Waals surface area contributed by atoms with Crippen molar-refractivity contribution in [1.29, 1.82) is 0 Å². The summed E-state index contributed by atoms with van der Waals surface area (Å²) in [5, 5.41) is 12.0. The van der Waals surface area contributed by atoms with E-state index in [4.69, 9.17) is 9.47 Å². The van der Waals surface area contributed by atoms with E-state index in [9.17, 15) is 0 Å². The minimum atomic E-state index is 0.227. The first-order chi connectivity index (χ1) is 16.0. The van der Waals surface area contributed by atoms with Crippen LogP contribution in [0.2, 0.25) is 0 Å². The van der Waals surface area contributed by atoms with E-state index in [1.54, 1.807) is 10.9 Å². The minimum Gasteiger partial charge on any atom is -0.454 e. The maximum atomic E-state index is 5.41. The molecule has 0 atom stereocenters. The van der Waals surface area contributed by atoms with Crippen LogP contribution in [0, 0.1) is 20.8 Å². The molecule has 0 radical (unpaired) electrons. The fourth-order valence-corrected chi connectivity index (χ4v) is 3.32. The zero-order valence-electron chi connectivity index (χ0n) is 18.4. The third kappa shape index (κ3) is 4.59. The van der Waals surface area contributed by atoms with Gasteiger partial charge in [0.2, 0.25) is 18.7 Å². The number of ether oxygens (including phenoxy) is 2. The zero-order valence-corrected chi connectivity index (χ0v) is 18.4. The molecule has 2 aromatic heterocycles. The van der Waals surface area contributed by atoms with Crippen molar-refractivity contribution in [3.05, 3.63) is 71.0 Å². The summed E-state index contributed by atoms with van der Waals surface area (Å²) in [5.74, 6) is 2.44. The summed E-state index contributed by atoms with van der Waals surface area (Å²) in [5.41, 5.74) is 7.54. The molecule has 2 N–H and O–H groups in total. The van der Waals surface area contributed by atoms with E-state index in [0.29, 0.717) is 17.6 Å². The first kappa shape index (κ1) is 20.4. The highest BCUT2D eigenvalue weighted by Crippen LogP contribution is 2.32. The molecule has 3 heterocycles. The van der Waals surface area contributed by atoms with Crippen LogP contribution in [0.1, 0.15) is 22.5 Å². The van der Waals surface area contributed by atoms with Gasteiger partial charge in [-0.3, -0.25) is 0 Å². The number of hydrogen-bond donors (Lipinski definition) is 2. The number of rotatable bonds is 6. The highest BCUT2D eigenvalue weighted by molar-refractivity contribution is 5.81. The van der Waals surface area contributed by atoms with Crippen molar-refractivity contribution in [2.45, 2.75) is 20.8 Å². The quantitative estimate of drug-likeness (QED) is 0.342. The topological polar surface area (TPSA) is 111 Å². The first-order valence-electron chi connectivity index (χ1n) is 10.4. The Labute approximate surface area is 190 Å². The van der Waals surface area contributed by atoms with Crippen LogP contribution in [0.15, 0.2) is 53.6 Å². The lowest BCUT2D eigenvalue weighted by Gasteiger charge is -2.09. The summed E-state index contributed by atoms with van der Waals surface area (Å²) < 4.78 is 12.4. The lowest BCUT2D eigenvalue weighted by atomic mass is 10.2. The zero-order chi connectivity index (χ0) is 22.8. The van der Waals surface area contributed by atoms with Crippen LogP contribution in [0.4, 0.5) is 17.6 Å². The average Bonchev–Trinajstić information content (AvgIpc) is 3.40. The molecular formula is C23H22N8O2. The van der Waals surface area contributed by atoms with Gasteiger partial charge in [-0.25, -0.2) is 10.1 Å². The van der Waals surface area contributed by atoms with E-state index in [2.05, 4.69) is 35.9 Å². The van der Waals surface area contributed by atoms with Crippen LogP contribution >= 0.6 is 0 Å². The molecule has 0 amide bonds. The van der Waals surface area contributed by atoms with Crippen molar-refractivity contribution < 1.29 is 9.47 Å². The molecule has 0 spiro atoms. The van der Waals surface area contributed by atoms with Crippen molar-refractivity contribution in [1.82, 2.24) is 24.7 Å². The van der Waals surface area contributed by atoms with Crippen LogP contribution in [-0.4, -0.2) is 37.7 Å². The van der Waals surface area contributed by atoms with Gasteiger partial charge in [0.25, 0.3) is 5.95 Å². The summed E-state index contributed by atoms with van der Waals surface area (Å²) in [4.78, 5) is 13.5. The molecule has 5 rings (SSSR count). The molecule has 0 aliphatic carbocycles. The van der Waals surface area contributed by atoms with Gasteiger partial charge in [0.15, 0.2) is 11.5 Å². The van der Waals surface area contributed by atoms with Gasteiger partial charge in [-0.1, -0.05) is 17.7 Å². The van der Waals surface area contributed by atoms with Crippen molar-refractivity contribution in [3.63, 3.8) is 0 Å². The number of anilines is 3. The standard InChI is InChI=1S/C23H22N8O2/c1-14-4-7-18(8-5-14)25-21-26-22(28-23(27-21)31-16(3)10-15(2)30-31)29-24-12-17-6-9-19-20(11-17)33-13-32-19/h4-12H,13H2,1-3H3,(H2,25,26,27,28,29)/b24-12+. The number of hydrazone groups is 1. The molecular weight excluding hydrogens is 420 g/mol. The summed E-state index contributed by atoms with van der Waals surface area (Å²) >= 11 is 0. The number of aromatic nitrogens is 5. The van der Waals surface area contributed by atoms with Crippen LogP contribution in [-0.2, 0) is 0 Å². The van der Waals surface area contributed by atoms with Gasteiger partial charge in [0.05, 0.1) is 11.9 Å². The Hall–Kier alpha value is -4.47. The molecule has 0 bridgehead atoms. The fraction of sp³-hybridized carbons (Fsp3) is 0.174. The van der Waals surface area contributed by atoms with Crippen molar-refractivity contribution in [3.8, 4) is 17.4 Å². The van der Waals surface area contributed by atoms with Crippen LogP contribution < -0.4 is 20.2 Å². The number of fused-ring (bicyclic) bond motifs is 1. The first-order valence-corrected chi connectivity index (χ1v) is 10.4. The highest BCUT2D eigenvalue weighted by atomic mass is 16.7. The van der Waals surface area contributed by atoms with E-state index >= 15 is 0 Å². The molecule has 1 aliphatic heterocycles. The average molecular weight is 442 g/mol. The maximum Gasteiger partial charge on any atom is 0.257 e. The molecule has 0 saturated heterocycles. The summed E-state index contributed by atoms with van der Waals surface area (Å²) in [6.07, 6.45) is 1.65. The van der Waals surface area contributed by atoms with Gasteiger partial charge in [-0.05, 0) is 62.7 Å². The third-order valence-corrected chi connectivity index (χ3v) is 4.91. The van der Waals surface area contributed by atoms with E-state index in [1.807, 2.05) is 69.3 Å². The Balaban J connectivity index is 1.43. The molecule has 0 saturated carbocycles. The lowest BCUT2D eigenvalue weighted by Crippen LogP contribution is -2.11. The molecule has 33 heavy (non-hydrogen) atoms. The number of nitrogens with zero attached hydrogens (tertiary/aromatic N) is 6. The van der Waals surface area contributed by atoms with Gasteiger partial charge in [0, 0.05) is 11.4 Å². The Kier molecular flexibility index (Phi) is 5.31. The predicted octanol–water partition coefficient (Wildman–Crippen LogP) is 3.90. The third-order valence-electron chi connectivity index (χ3n) is 4.91. The number of benzene rings is 2. The molecule has 4 aromatic rings. The van der Waals surface area contributed by atoms with Crippen molar-refractivity contribution in [2.24, 2.45) is 5.10 Å². The molecule has 1 aliphatic rings.